The van der Waals surface area contributed by atoms with E-state index in [1.807, 2.05) is 24.3 Å². The fourth-order valence-corrected chi connectivity index (χ4v) is 3.15. The molecule has 166 valence electrons. The Morgan fingerprint density at radius 1 is 1.16 bits per heavy atom. The van der Waals surface area contributed by atoms with Gasteiger partial charge in [0, 0.05) is 29.9 Å². The van der Waals surface area contributed by atoms with Crippen LogP contribution in [-0.2, 0) is 25.6 Å². The number of ketones is 1. The molecule has 0 radical (unpaired) electrons. The third-order valence-electron chi connectivity index (χ3n) is 4.67. The highest BCUT2D eigenvalue weighted by molar-refractivity contribution is 6.26. The molecule has 0 aliphatic carbocycles. The number of nitrogens with zero attached hydrogens (tertiary/aromatic N) is 1. The molecule has 2 aromatic rings. The van der Waals surface area contributed by atoms with Crippen molar-refractivity contribution in [3.63, 3.8) is 0 Å². The van der Waals surface area contributed by atoms with Gasteiger partial charge in [0.1, 0.15) is 12.1 Å². The van der Waals surface area contributed by atoms with Gasteiger partial charge >= 0.3 is 5.97 Å². The smallest absolute Gasteiger partial charge is 0.326 e. The number of rotatable bonds is 12. The quantitative estimate of drug-likeness (QED) is 0.306. The highest BCUT2D eigenvalue weighted by atomic mass is 16.4. The van der Waals surface area contributed by atoms with Crippen LogP contribution in [-0.4, -0.2) is 77.5 Å². The summed E-state index contributed by atoms with van der Waals surface area (Å²) in [6.07, 6.45) is 2.19. The number of carbonyl (C=O) groups is 4. The predicted octanol–water partition coefficient (Wildman–Crippen LogP) is 0.325. The number of aromatic amines is 1. The summed E-state index contributed by atoms with van der Waals surface area (Å²) in [6, 6.07) is 5.19. The van der Waals surface area contributed by atoms with E-state index < -0.39 is 29.7 Å². The summed E-state index contributed by atoms with van der Waals surface area (Å²) < 4.78 is 0. The van der Waals surface area contributed by atoms with E-state index in [9.17, 15) is 24.3 Å². The minimum atomic E-state index is -1.31. The second kappa shape index (κ2) is 11.0. The van der Waals surface area contributed by atoms with Crippen molar-refractivity contribution in [2.45, 2.75) is 31.3 Å². The average Bonchev–Trinajstić information content (AvgIpc) is 3.12. The number of aliphatic carboxylic acids is 1. The Kier molecular flexibility index (Phi) is 8.44. The summed E-state index contributed by atoms with van der Waals surface area (Å²) in [6.45, 7) is 0.0634. The molecule has 0 spiro atoms. The number of hydrogen-bond acceptors (Lipinski definition) is 6. The summed E-state index contributed by atoms with van der Waals surface area (Å²) in [5, 5.41) is 22.3. The third kappa shape index (κ3) is 7.03. The third-order valence-corrected chi connectivity index (χ3v) is 4.67. The summed E-state index contributed by atoms with van der Waals surface area (Å²) in [7, 11) is 3.43. The lowest BCUT2D eigenvalue weighted by atomic mass is 10.0. The molecule has 0 saturated carbocycles. The maximum absolute atomic E-state index is 12.9. The van der Waals surface area contributed by atoms with E-state index in [1.54, 1.807) is 25.2 Å². The van der Waals surface area contributed by atoms with Gasteiger partial charge in [-0.05, 0) is 32.1 Å². The minimum absolute atomic E-state index is 0.0634. The number of H-pyrrole nitrogens is 1. The normalized spacial score (nSPS) is 12.9. The van der Waals surface area contributed by atoms with Gasteiger partial charge in [0.25, 0.3) is 0 Å². The number of Topliss-reactive ketones (excluding diaryl/α,β-unsaturated/α-hetero) is 1. The van der Waals surface area contributed by atoms with E-state index in [2.05, 4.69) is 15.6 Å². The van der Waals surface area contributed by atoms with Crippen LogP contribution in [0.15, 0.2) is 30.5 Å². The molecule has 10 heteroatoms. The zero-order chi connectivity index (χ0) is 23.0. The summed E-state index contributed by atoms with van der Waals surface area (Å²) in [5.74, 6) is -2.87. The molecule has 2 rings (SSSR count). The molecule has 1 aromatic heterocycles. The second-order valence-electron chi connectivity index (χ2n) is 7.47. The zero-order valence-electron chi connectivity index (χ0n) is 17.5. The highest BCUT2D eigenvalue weighted by Gasteiger charge is 2.27. The number of carbonyl (C=O) groups excluding carboxylic acids is 3. The van der Waals surface area contributed by atoms with Crippen LogP contribution in [0.3, 0.4) is 0 Å². The Morgan fingerprint density at radius 3 is 2.52 bits per heavy atom. The standard InChI is InChI=1S/C21H27N5O5/c1-26(2)12-19(28)24-18(9-13-11-23-16-6-4-3-5-15(13)16)20(29)25-17(21(30)31)8-7-14(27)10-22/h3-6,10-11,17-18,22-23H,7-9,12H2,1-2H3,(H,24,28)(H,25,29)(H,30,31)/t17-,18-/m0/s1. The topological polar surface area (TPSA) is 155 Å². The van der Waals surface area contributed by atoms with Gasteiger partial charge in [-0.2, -0.15) is 0 Å². The van der Waals surface area contributed by atoms with Crippen molar-refractivity contribution >= 4 is 40.7 Å². The van der Waals surface area contributed by atoms with Crippen LogP contribution in [0.4, 0.5) is 0 Å². The Balaban J connectivity index is 2.20. The van der Waals surface area contributed by atoms with Gasteiger partial charge in [-0.1, -0.05) is 18.2 Å². The number of carboxylic acids is 1. The number of aromatic nitrogens is 1. The monoisotopic (exact) mass is 429 g/mol. The lowest BCUT2D eigenvalue weighted by Crippen LogP contribution is -2.53. The van der Waals surface area contributed by atoms with Crippen molar-refractivity contribution in [2.24, 2.45) is 0 Å². The first-order valence-electron chi connectivity index (χ1n) is 9.76. The number of nitrogens with one attached hydrogen (secondary N) is 4. The lowest BCUT2D eigenvalue weighted by molar-refractivity contribution is -0.142. The number of fused-ring (bicyclic) bond motifs is 1. The van der Waals surface area contributed by atoms with E-state index in [-0.39, 0.29) is 31.7 Å². The van der Waals surface area contributed by atoms with Gasteiger partial charge in [0.15, 0.2) is 5.78 Å². The molecule has 2 amide bonds. The van der Waals surface area contributed by atoms with Gasteiger partial charge < -0.3 is 31.0 Å². The molecular weight excluding hydrogens is 402 g/mol. The molecule has 0 unspecified atom stereocenters. The molecule has 0 aliphatic rings. The molecule has 0 bridgehead atoms. The number of hydrogen-bond donors (Lipinski definition) is 5. The van der Waals surface area contributed by atoms with Crippen molar-refractivity contribution in [2.75, 3.05) is 20.6 Å². The molecule has 0 saturated heterocycles. The van der Waals surface area contributed by atoms with Crippen LogP contribution < -0.4 is 10.6 Å². The van der Waals surface area contributed by atoms with Crippen LogP contribution in [0.5, 0.6) is 0 Å². The highest BCUT2D eigenvalue weighted by Crippen LogP contribution is 2.19. The van der Waals surface area contributed by atoms with Crippen LogP contribution >= 0.6 is 0 Å². The van der Waals surface area contributed by atoms with Crippen molar-refractivity contribution in [3.8, 4) is 0 Å². The largest absolute Gasteiger partial charge is 0.480 e. The number of para-hydroxylation sites is 1. The summed E-state index contributed by atoms with van der Waals surface area (Å²) in [5.41, 5.74) is 1.68. The fourth-order valence-electron chi connectivity index (χ4n) is 3.15. The van der Waals surface area contributed by atoms with Crippen molar-refractivity contribution in [3.05, 3.63) is 36.0 Å². The van der Waals surface area contributed by atoms with E-state index in [0.717, 1.165) is 16.5 Å². The van der Waals surface area contributed by atoms with Gasteiger partial charge in [-0.25, -0.2) is 4.79 Å². The summed E-state index contributed by atoms with van der Waals surface area (Å²) in [4.78, 5) is 52.8. The molecule has 0 aliphatic heterocycles. The van der Waals surface area contributed by atoms with Crippen LogP contribution in [0, 0.1) is 5.41 Å². The molecule has 2 atom stereocenters. The number of likely N-dealkylation sites (N-methyl/N-ethyl adjacent to an activating group) is 1. The predicted molar refractivity (Wildman–Crippen MR) is 115 cm³/mol. The molecule has 5 N–H and O–H groups in total. The van der Waals surface area contributed by atoms with Gasteiger partial charge in [0.05, 0.1) is 12.8 Å². The zero-order valence-corrected chi connectivity index (χ0v) is 17.5. The van der Waals surface area contributed by atoms with Gasteiger partial charge in [-0.3, -0.25) is 14.4 Å². The van der Waals surface area contributed by atoms with Crippen LogP contribution in [0.25, 0.3) is 10.9 Å². The molecular formula is C21H27N5O5. The van der Waals surface area contributed by atoms with Crippen molar-refractivity contribution in [1.82, 2.24) is 20.5 Å². The summed E-state index contributed by atoms with van der Waals surface area (Å²) >= 11 is 0. The van der Waals surface area contributed by atoms with Crippen LogP contribution in [0.2, 0.25) is 0 Å². The van der Waals surface area contributed by atoms with E-state index >= 15 is 0 Å². The van der Waals surface area contributed by atoms with E-state index in [4.69, 9.17) is 5.41 Å². The number of amides is 2. The first kappa shape index (κ1) is 23.7. The number of carboxylic acid groups (broad SMARTS) is 1. The molecule has 1 heterocycles. The second-order valence-corrected chi connectivity index (χ2v) is 7.47. The Hall–Kier alpha value is -3.53. The Bertz CT molecular complexity index is 968. The van der Waals surface area contributed by atoms with Crippen molar-refractivity contribution < 1.29 is 24.3 Å². The van der Waals surface area contributed by atoms with Gasteiger partial charge in [-0.15, -0.1) is 0 Å². The molecule has 1 aromatic carbocycles. The number of benzene rings is 1. The molecule has 31 heavy (non-hydrogen) atoms. The average molecular weight is 429 g/mol. The van der Waals surface area contributed by atoms with Gasteiger partial charge in [0.2, 0.25) is 11.8 Å². The first-order valence-corrected chi connectivity index (χ1v) is 9.76. The minimum Gasteiger partial charge on any atom is -0.480 e. The fraction of sp³-hybridized carbons (Fsp3) is 0.381. The van der Waals surface area contributed by atoms with E-state index in [1.165, 1.54) is 0 Å². The maximum atomic E-state index is 12.9. The maximum Gasteiger partial charge on any atom is 0.326 e. The SMILES string of the molecule is CN(C)CC(=O)N[C@@H](Cc1c[nH]c2ccccc12)C(=O)N[C@@H](CCC(=O)C=N)C(=O)O. The first-order chi connectivity index (χ1) is 14.7. The van der Waals surface area contributed by atoms with Crippen molar-refractivity contribution in [1.29, 1.82) is 5.41 Å². The lowest BCUT2D eigenvalue weighted by Gasteiger charge is -2.22. The Morgan fingerprint density at radius 2 is 1.87 bits per heavy atom. The van der Waals surface area contributed by atoms with Crippen LogP contribution in [0.1, 0.15) is 18.4 Å². The Labute approximate surface area is 179 Å². The molecule has 0 fully saturated rings. The van der Waals surface area contributed by atoms with E-state index in [0.29, 0.717) is 6.21 Å². The molecule has 10 nitrogen and oxygen atoms in total.